The summed E-state index contributed by atoms with van der Waals surface area (Å²) in [6, 6.07) is 5.35. The van der Waals surface area contributed by atoms with Crippen molar-refractivity contribution in [1.29, 1.82) is 0 Å². The Hall–Kier alpha value is -1.26. The average Bonchev–Trinajstić information content (AvgIpc) is 2.32. The van der Waals surface area contributed by atoms with Gasteiger partial charge in [0.05, 0.1) is 20.1 Å². The van der Waals surface area contributed by atoms with Gasteiger partial charge in [0.25, 0.3) is 0 Å². The van der Waals surface area contributed by atoms with E-state index in [4.69, 9.17) is 22.1 Å². The van der Waals surface area contributed by atoms with Gasteiger partial charge in [0.15, 0.2) is 0 Å². The van der Waals surface area contributed by atoms with Crippen LogP contribution in [0.4, 0.5) is 0 Å². The van der Waals surface area contributed by atoms with Gasteiger partial charge in [-0.2, -0.15) is 0 Å². The van der Waals surface area contributed by atoms with Crippen molar-refractivity contribution in [3.8, 4) is 5.75 Å². The number of carbonyl (C=O) groups excluding carboxylic acids is 1. The molecule has 0 unspecified atom stereocenters. The third-order valence-corrected chi connectivity index (χ3v) is 2.46. The van der Waals surface area contributed by atoms with E-state index in [0.717, 1.165) is 5.56 Å². The Balaban J connectivity index is 2.60. The maximum absolute atomic E-state index is 10.9. The number of nitrogens with two attached hydrogens (primary N) is 1. The molecule has 0 aliphatic carbocycles. The van der Waals surface area contributed by atoms with Gasteiger partial charge in [-0.05, 0) is 36.7 Å². The fourth-order valence-corrected chi connectivity index (χ4v) is 1.58. The van der Waals surface area contributed by atoms with Crippen molar-refractivity contribution in [3.63, 3.8) is 0 Å². The summed E-state index contributed by atoms with van der Waals surface area (Å²) in [5.41, 5.74) is 6.45. The number of ether oxygens (including phenoxy) is 2. The molecule has 0 radical (unpaired) electrons. The summed E-state index contributed by atoms with van der Waals surface area (Å²) in [5.74, 6) is 0.420. The van der Waals surface area contributed by atoms with E-state index in [9.17, 15) is 4.79 Å². The lowest BCUT2D eigenvalue weighted by Gasteiger charge is -2.10. The van der Waals surface area contributed by atoms with E-state index in [2.05, 4.69) is 4.74 Å². The van der Waals surface area contributed by atoms with Crippen LogP contribution in [0.2, 0.25) is 5.02 Å². The van der Waals surface area contributed by atoms with Crippen LogP contribution in [0.5, 0.6) is 5.75 Å². The van der Waals surface area contributed by atoms with Crippen molar-refractivity contribution >= 4 is 17.6 Å². The molecule has 0 saturated carbocycles. The van der Waals surface area contributed by atoms with Crippen molar-refractivity contribution < 1.29 is 14.3 Å². The Bertz CT molecular complexity index is 382. The molecule has 0 saturated heterocycles. The van der Waals surface area contributed by atoms with Crippen LogP contribution in [0.3, 0.4) is 0 Å². The first-order valence-corrected chi connectivity index (χ1v) is 5.73. The van der Waals surface area contributed by atoms with E-state index in [1.165, 1.54) is 7.11 Å². The van der Waals surface area contributed by atoms with Crippen molar-refractivity contribution in [2.75, 3.05) is 20.3 Å². The van der Waals surface area contributed by atoms with Crippen LogP contribution in [-0.4, -0.2) is 26.2 Å². The van der Waals surface area contributed by atoms with Gasteiger partial charge in [-0.3, -0.25) is 4.79 Å². The van der Waals surface area contributed by atoms with E-state index in [-0.39, 0.29) is 19.0 Å². The number of rotatable bonds is 6. The Morgan fingerprint density at radius 3 is 2.88 bits per heavy atom. The van der Waals surface area contributed by atoms with Crippen LogP contribution in [-0.2, 0) is 16.0 Å². The molecule has 0 atom stereocenters. The number of carbonyl (C=O) groups is 1. The SMILES string of the molecule is COC(=O)CCOc1ccc(Cl)cc1CCN. The highest BCUT2D eigenvalue weighted by atomic mass is 35.5. The Kier molecular flexibility index (Phi) is 5.80. The molecule has 1 rings (SSSR count). The van der Waals surface area contributed by atoms with Gasteiger partial charge in [0, 0.05) is 5.02 Å². The minimum atomic E-state index is -0.292. The van der Waals surface area contributed by atoms with E-state index in [1.54, 1.807) is 12.1 Å². The van der Waals surface area contributed by atoms with E-state index < -0.39 is 0 Å². The number of halogens is 1. The van der Waals surface area contributed by atoms with Crippen LogP contribution in [0.1, 0.15) is 12.0 Å². The van der Waals surface area contributed by atoms with Gasteiger partial charge in [-0.25, -0.2) is 0 Å². The van der Waals surface area contributed by atoms with E-state index in [0.29, 0.717) is 23.7 Å². The van der Waals surface area contributed by atoms with Crippen LogP contribution >= 0.6 is 11.6 Å². The molecule has 4 nitrogen and oxygen atoms in total. The molecule has 0 aliphatic heterocycles. The Labute approximate surface area is 106 Å². The lowest BCUT2D eigenvalue weighted by atomic mass is 10.1. The normalized spacial score (nSPS) is 10.1. The quantitative estimate of drug-likeness (QED) is 0.789. The minimum Gasteiger partial charge on any atom is -0.493 e. The largest absolute Gasteiger partial charge is 0.493 e. The zero-order valence-corrected chi connectivity index (χ0v) is 10.5. The second kappa shape index (κ2) is 7.14. The standard InChI is InChI=1S/C12H16ClNO3/c1-16-12(15)5-7-17-11-3-2-10(13)8-9(11)4-6-14/h2-3,8H,4-7,14H2,1H3. The monoisotopic (exact) mass is 257 g/mol. The van der Waals surface area contributed by atoms with Gasteiger partial charge in [0.1, 0.15) is 5.75 Å². The molecule has 0 amide bonds. The zero-order chi connectivity index (χ0) is 12.7. The highest BCUT2D eigenvalue weighted by Gasteiger charge is 2.06. The lowest BCUT2D eigenvalue weighted by molar-refractivity contribution is -0.141. The maximum Gasteiger partial charge on any atom is 0.308 e. The third kappa shape index (κ3) is 4.63. The summed E-state index contributed by atoms with van der Waals surface area (Å²) in [4.78, 5) is 10.9. The highest BCUT2D eigenvalue weighted by molar-refractivity contribution is 6.30. The summed E-state index contributed by atoms with van der Waals surface area (Å²) in [6.07, 6.45) is 0.912. The molecule has 1 aromatic rings. The molecule has 0 bridgehead atoms. The highest BCUT2D eigenvalue weighted by Crippen LogP contribution is 2.23. The second-order valence-electron chi connectivity index (χ2n) is 3.47. The molecule has 5 heteroatoms. The van der Waals surface area contributed by atoms with E-state index in [1.807, 2.05) is 6.07 Å². The van der Waals surface area contributed by atoms with Crippen molar-refractivity contribution in [1.82, 2.24) is 0 Å². The minimum absolute atomic E-state index is 0.223. The molecule has 1 aromatic carbocycles. The van der Waals surface area contributed by atoms with Crippen molar-refractivity contribution in [2.45, 2.75) is 12.8 Å². The van der Waals surface area contributed by atoms with Crippen molar-refractivity contribution in [3.05, 3.63) is 28.8 Å². The summed E-state index contributed by atoms with van der Waals surface area (Å²) < 4.78 is 10.0. The molecular weight excluding hydrogens is 242 g/mol. The van der Waals surface area contributed by atoms with Gasteiger partial charge in [0.2, 0.25) is 0 Å². The maximum atomic E-state index is 10.9. The fraction of sp³-hybridized carbons (Fsp3) is 0.417. The molecule has 0 heterocycles. The van der Waals surface area contributed by atoms with Crippen LogP contribution < -0.4 is 10.5 Å². The third-order valence-electron chi connectivity index (χ3n) is 2.23. The molecule has 0 aromatic heterocycles. The van der Waals surface area contributed by atoms with E-state index >= 15 is 0 Å². The number of methoxy groups -OCH3 is 1. The molecule has 2 N–H and O–H groups in total. The molecule has 17 heavy (non-hydrogen) atoms. The first-order chi connectivity index (χ1) is 8.17. The van der Waals surface area contributed by atoms with Crippen LogP contribution in [0.25, 0.3) is 0 Å². The summed E-state index contributed by atoms with van der Waals surface area (Å²) in [5, 5.41) is 0.647. The summed E-state index contributed by atoms with van der Waals surface area (Å²) in [7, 11) is 1.35. The topological polar surface area (TPSA) is 61.5 Å². The molecule has 0 aliphatic rings. The fourth-order valence-electron chi connectivity index (χ4n) is 1.39. The first kappa shape index (κ1) is 13.8. The van der Waals surface area contributed by atoms with Gasteiger partial charge < -0.3 is 15.2 Å². The smallest absolute Gasteiger partial charge is 0.308 e. The Morgan fingerprint density at radius 1 is 1.47 bits per heavy atom. The number of hydrogen-bond acceptors (Lipinski definition) is 4. The number of benzene rings is 1. The predicted molar refractivity (Wildman–Crippen MR) is 66.3 cm³/mol. The predicted octanol–water partition coefficient (Wildman–Crippen LogP) is 1.78. The Morgan fingerprint density at radius 2 is 2.24 bits per heavy atom. The summed E-state index contributed by atoms with van der Waals surface area (Å²) >= 11 is 5.89. The average molecular weight is 258 g/mol. The second-order valence-corrected chi connectivity index (χ2v) is 3.90. The zero-order valence-electron chi connectivity index (χ0n) is 9.74. The van der Waals surface area contributed by atoms with Crippen LogP contribution in [0.15, 0.2) is 18.2 Å². The van der Waals surface area contributed by atoms with Crippen LogP contribution in [0, 0.1) is 0 Å². The molecule has 0 spiro atoms. The van der Waals surface area contributed by atoms with Gasteiger partial charge >= 0.3 is 5.97 Å². The first-order valence-electron chi connectivity index (χ1n) is 5.35. The lowest BCUT2D eigenvalue weighted by Crippen LogP contribution is -2.09. The number of hydrogen-bond donors (Lipinski definition) is 1. The molecule has 0 fully saturated rings. The number of esters is 1. The molecular formula is C12H16ClNO3. The van der Waals surface area contributed by atoms with Crippen molar-refractivity contribution in [2.24, 2.45) is 5.73 Å². The molecule has 94 valence electrons. The summed E-state index contributed by atoms with van der Waals surface area (Å²) in [6.45, 7) is 0.805. The van der Waals surface area contributed by atoms with Gasteiger partial charge in [-0.15, -0.1) is 0 Å². The van der Waals surface area contributed by atoms with Gasteiger partial charge in [-0.1, -0.05) is 11.6 Å².